The molecule has 1 aliphatic rings. The van der Waals surface area contributed by atoms with Gasteiger partial charge in [0.1, 0.15) is 17.1 Å². The molecule has 0 spiro atoms. The normalized spacial score (nSPS) is 14.7. The average Bonchev–Trinajstić information content (AvgIpc) is 2.72. The van der Waals surface area contributed by atoms with Gasteiger partial charge in [-0.15, -0.1) is 0 Å². The third-order valence-corrected chi connectivity index (χ3v) is 4.63. The second-order valence-electron chi connectivity index (χ2n) is 6.93. The van der Waals surface area contributed by atoms with Crippen molar-refractivity contribution in [1.82, 2.24) is 9.88 Å². The summed E-state index contributed by atoms with van der Waals surface area (Å²) in [5.74, 6) is -3.14. The first-order valence-electron chi connectivity index (χ1n) is 9.87. The van der Waals surface area contributed by atoms with Crippen LogP contribution in [0.15, 0.2) is 54.2 Å². The van der Waals surface area contributed by atoms with Crippen LogP contribution in [0.25, 0.3) is 0 Å². The maximum atomic E-state index is 13.1. The highest BCUT2D eigenvalue weighted by molar-refractivity contribution is 5.99. The number of pyridine rings is 1. The van der Waals surface area contributed by atoms with Gasteiger partial charge < -0.3 is 14.2 Å². The van der Waals surface area contributed by atoms with E-state index >= 15 is 0 Å². The van der Waals surface area contributed by atoms with E-state index in [1.807, 2.05) is 0 Å². The first-order chi connectivity index (χ1) is 15.2. The van der Waals surface area contributed by atoms with Crippen LogP contribution in [0.1, 0.15) is 44.7 Å². The van der Waals surface area contributed by atoms with Crippen molar-refractivity contribution < 1.29 is 33.4 Å². The van der Waals surface area contributed by atoms with Gasteiger partial charge in [-0.05, 0) is 24.6 Å². The van der Waals surface area contributed by atoms with Crippen molar-refractivity contribution in [3.63, 3.8) is 0 Å². The molecule has 3 rings (SSSR count). The number of ether oxygens (including phenoxy) is 3. The molecule has 0 saturated heterocycles. The summed E-state index contributed by atoms with van der Waals surface area (Å²) >= 11 is 0. The number of nitrogens with zero attached hydrogens (tertiary/aromatic N) is 2. The summed E-state index contributed by atoms with van der Waals surface area (Å²) in [6.07, 6.45) is 3.15. The lowest BCUT2D eigenvalue weighted by atomic mass is 9.83. The molecule has 0 saturated carbocycles. The zero-order valence-corrected chi connectivity index (χ0v) is 18.1. The number of amides is 2. The molecule has 0 N–H and O–H groups in total. The fourth-order valence-corrected chi connectivity index (χ4v) is 3.49. The van der Waals surface area contributed by atoms with Crippen molar-refractivity contribution in [3.05, 3.63) is 65.3 Å². The number of benzene rings is 1. The Morgan fingerprint density at radius 1 is 1.09 bits per heavy atom. The van der Waals surface area contributed by atoms with Gasteiger partial charge in [0.15, 0.2) is 0 Å². The first kappa shape index (κ1) is 22.7. The van der Waals surface area contributed by atoms with Crippen LogP contribution < -0.4 is 9.47 Å². The van der Waals surface area contributed by atoms with E-state index in [2.05, 4.69) is 4.98 Å². The van der Waals surface area contributed by atoms with Crippen LogP contribution >= 0.6 is 0 Å². The summed E-state index contributed by atoms with van der Waals surface area (Å²) in [7, 11) is 0. The molecule has 0 aliphatic carbocycles. The van der Waals surface area contributed by atoms with Gasteiger partial charge in [0.2, 0.25) is 17.7 Å². The molecule has 166 valence electrons. The maximum absolute atomic E-state index is 13.1. The Labute approximate surface area is 184 Å². The Morgan fingerprint density at radius 2 is 1.81 bits per heavy atom. The number of esters is 2. The molecule has 2 aromatic rings. The molecule has 9 heteroatoms. The van der Waals surface area contributed by atoms with Crippen molar-refractivity contribution in [3.8, 4) is 11.5 Å². The Balaban J connectivity index is 2.31. The largest absolute Gasteiger partial charge is 0.462 e. The number of carbonyl (C=O) groups excluding carboxylic acids is 4. The van der Waals surface area contributed by atoms with Gasteiger partial charge in [0, 0.05) is 44.8 Å². The molecular formula is C23H22N2O7. The standard InChI is InChI=1S/C23H22N2O7/c1-5-30-23(29)21-20(16-7-6-10-24-12-16)18-9-8-17(31-15(4)28)11-19(18)32-22(21)25(13(2)26)14(3)27/h6-12,20H,5H2,1-4H3. The highest BCUT2D eigenvalue weighted by Crippen LogP contribution is 2.45. The predicted octanol–water partition coefficient (Wildman–Crippen LogP) is 2.70. The average molecular weight is 438 g/mol. The molecule has 1 aromatic carbocycles. The van der Waals surface area contributed by atoms with Crippen LogP contribution in [0.5, 0.6) is 11.5 Å². The first-order valence-corrected chi connectivity index (χ1v) is 9.87. The number of fused-ring (bicyclic) bond motifs is 1. The lowest BCUT2D eigenvalue weighted by Gasteiger charge is -2.33. The van der Waals surface area contributed by atoms with E-state index < -0.39 is 29.7 Å². The highest BCUT2D eigenvalue weighted by Gasteiger charge is 2.40. The summed E-state index contributed by atoms with van der Waals surface area (Å²) < 4.78 is 16.3. The molecule has 1 unspecified atom stereocenters. The van der Waals surface area contributed by atoms with E-state index in [4.69, 9.17) is 14.2 Å². The van der Waals surface area contributed by atoms with Crippen molar-refractivity contribution in [2.24, 2.45) is 0 Å². The Hall–Kier alpha value is -4.01. The van der Waals surface area contributed by atoms with Gasteiger partial charge in [-0.3, -0.25) is 19.4 Å². The van der Waals surface area contributed by atoms with Crippen molar-refractivity contribution in [1.29, 1.82) is 0 Å². The van der Waals surface area contributed by atoms with Gasteiger partial charge in [0.25, 0.3) is 0 Å². The van der Waals surface area contributed by atoms with E-state index in [1.165, 1.54) is 26.8 Å². The summed E-state index contributed by atoms with van der Waals surface area (Å²) in [6.45, 7) is 5.35. The minimum Gasteiger partial charge on any atom is -0.462 e. The SMILES string of the molecule is CCOC(=O)C1=C(N(C(C)=O)C(C)=O)Oc2cc(OC(C)=O)ccc2C1c1cccnc1. The zero-order chi connectivity index (χ0) is 23.4. The molecule has 1 aliphatic heterocycles. The Bertz CT molecular complexity index is 1090. The molecule has 0 radical (unpaired) electrons. The van der Waals surface area contributed by atoms with Gasteiger partial charge >= 0.3 is 11.9 Å². The molecule has 32 heavy (non-hydrogen) atoms. The number of rotatable bonds is 5. The molecule has 0 fully saturated rings. The highest BCUT2D eigenvalue weighted by atomic mass is 16.5. The van der Waals surface area contributed by atoms with E-state index in [0.29, 0.717) is 11.1 Å². The summed E-state index contributed by atoms with van der Waals surface area (Å²) in [6, 6.07) is 8.13. The van der Waals surface area contributed by atoms with Crippen molar-refractivity contribution >= 4 is 23.8 Å². The fourth-order valence-electron chi connectivity index (χ4n) is 3.49. The number of aromatic nitrogens is 1. The van der Waals surface area contributed by atoms with E-state index in [9.17, 15) is 19.2 Å². The van der Waals surface area contributed by atoms with Crippen LogP contribution in [0, 0.1) is 0 Å². The van der Waals surface area contributed by atoms with Gasteiger partial charge in [-0.1, -0.05) is 12.1 Å². The van der Waals surface area contributed by atoms with E-state index in [0.717, 1.165) is 4.90 Å². The van der Waals surface area contributed by atoms with Gasteiger partial charge in [-0.2, -0.15) is 0 Å². The second kappa shape index (κ2) is 9.42. The molecule has 0 bridgehead atoms. The third kappa shape index (κ3) is 4.51. The molecule has 1 atom stereocenters. The van der Waals surface area contributed by atoms with Crippen molar-refractivity contribution in [2.75, 3.05) is 6.61 Å². The van der Waals surface area contributed by atoms with E-state index in [1.54, 1.807) is 43.6 Å². The lowest BCUT2D eigenvalue weighted by molar-refractivity contribution is -0.142. The molecule has 2 amide bonds. The molecule has 9 nitrogen and oxygen atoms in total. The van der Waals surface area contributed by atoms with Crippen LogP contribution in [0.2, 0.25) is 0 Å². The van der Waals surface area contributed by atoms with Crippen LogP contribution in [-0.4, -0.2) is 40.2 Å². The van der Waals surface area contributed by atoms with Crippen LogP contribution in [0.3, 0.4) is 0 Å². The minimum absolute atomic E-state index is 0.0158. The summed E-state index contributed by atoms with van der Waals surface area (Å²) in [5.41, 5.74) is 1.15. The minimum atomic E-state index is -0.755. The number of hydrogen-bond acceptors (Lipinski definition) is 8. The molecule has 2 heterocycles. The van der Waals surface area contributed by atoms with Gasteiger partial charge in [-0.25, -0.2) is 9.69 Å². The maximum Gasteiger partial charge on any atom is 0.340 e. The number of imide groups is 1. The molecule has 1 aromatic heterocycles. The Morgan fingerprint density at radius 3 is 2.38 bits per heavy atom. The predicted molar refractivity (Wildman–Crippen MR) is 111 cm³/mol. The smallest absolute Gasteiger partial charge is 0.340 e. The monoisotopic (exact) mass is 438 g/mol. The number of hydrogen-bond donors (Lipinski definition) is 0. The zero-order valence-electron chi connectivity index (χ0n) is 18.1. The summed E-state index contributed by atoms with van der Waals surface area (Å²) in [5, 5.41) is 0. The quantitative estimate of drug-likeness (QED) is 0.517. The second-order valence-corrected chi connectivity index (χ2v) is 6.93. The van der Waals surface area contributed by atoms with E-state index in [-0.39, 0.29) is 29.6 Å². The molecular weight excluding hydrogens is 416 g/mol. The topological polar surface area (TPSA) is 112 Å². The van der Waals surface area contributed by atoms with Crippen LogP contribution in [-0.2, 0) is 23.9 Å². The van der Waals surface area contributed by atoms with Crippen LogP contribution in [0.4, 0.5) is 0 Å². The van der Waals surface area contributed by atoms with Crippen molar-refractivity contribution in [2.45, 2.75) is 33.6 Å². The summed E-state index contributed by atoms with van der Waals surface area (Å²) in [4.78, 5) is 54.0. The van der Waals surface area contributed by atoms with Gasteiger partial charge in [0.05, 0.1) is 12.5 Å². The lowest BCUT2D eigenvalue weighted by Crippen LogP contribution is -2.39. The third-order valence-electron chi connectivity index (χ3n) is 4.63. The number of carbonyl (C=O) groups is 4. The Kier molecular flexibility index (Phi) is 6.67. The fraction of sp³-hybridized carbons (Fsp3) is 0.261.